The summed E-state index contributed by atoms with van der Waals surface area (Å²) >= 11 is 6.15. The molecule has 0 bridgehead atoms. The lowest BCUT2D eigenvalue weighted by Gasteiger charge is -2.26. The van der Waals surface area contributed by atoms with Gasteiger partial charge in [0.15, 0.2) is 0 Å². The number of anilines is 1. The van der Waals surface area contributed by atoms with Crippen LogP contribution in [0, 0.1) is 13.8 Å². The Labute approximate surface area is 205 Å². The zero-order chi connectivity index (χ0) is 24.7. The average Bonchev–Trinajstić information content (AvgIpc) is 2.81. The number of ether oxygens (including phenoxy) is 2. The zero-order valence-electron chi connectivity index (χ0n) is 19.2. The van der Waals surface area contributed by atoms with Crippen molar-refractivity contribution in [3.05, 3.63) is 82.9 Å². The first-order valence-electron chi connectivity index (χ1n) is 10.6. The highest BCUT2D eigenvalue weighted by Crippen LogP contribution is 2.34. The molecule has 3 aromatic carbocycles. The maximum atomic E-state index is 13.5. The monoisotopic (exact) mass is 502 g/mol. The number of carbonyl (C=O) groups excluding carboxylic acids is 1. The van der Waals surface area contributed by atoms with Crippen molar-refractivity contribution in [3.8, 4) is 11.5 Å². The second kappa shape index (κ2) is 11.3. The van der Waals surface area contributed by atoms with E-state index in [0.717, 1.165) is 15.4 Å². The molecule has 0 heterocycles. The second-order valence-corrected chi connectivity index (χ2v) is 9.95. The number of amides is 1. The van der Waals surface area contributed by atoms with E-state index in [1.165, 1.54) is 25.3 Å². The van der Waals surface area contributed by atoms with Crippen LogP contribution in [-0.4, -0.2) is 41.1 Å². The van der Waals surface area contributed by atoms with Crippen LogP contribution in [-0.2, 0) is 14.8 Å². The summed E-state index contributed by atoms with van der Waals surface area (Å²) in [5.41, 5.74) is 2.20. The van der Waals surface area contributed by atoms with E-state index >= 15 is 0 Å². The van der Waals surface area contributed by atoms with Crippen LogP contribution in [0.5, 0.6) is 11.5 Å². The van der Waals surface area contributed by atoms with Crippen molar-refractivity contribution in [2.75, 3.05) is 31.1 Å². The van der Waals surface area contributed by atoms with Crippen molar-refractivity contribution in [3.63, 3.8) is 0 Å². The van der Waals surface area contributed by atoms with Crippen LogP contribution in [0.15, 0.2) is 71.6 Å². The number of nitrogens with zero attached hydrogens (tertiary/aromatic N) is 1. The van der Waals surface area contributed by atoms with Crippen molar-refractivity contribution in [2.45, 2.75) is 18.7 Å². The van der Waals surface area contributed by atoms with E-state index in [9.17, 15) is 13.2 Å². The molecule has 1 N–H and O–H groups in total. The lowest BCUT2D eigenvalue weighted by atomic mass is 10.2. The molecule has 0 saturated heterocycles. The van der Waals surface area contributed by atoms with Gasteiger partial charge in [0.2, 0.25) is 5.91 Å². The van der Waals surface area contributed by atoms with Gasteiger partial charge in [0.25, 0.3) is 10.0 Å². The summed E-state index contributed by atoms with van der Waals surface area (Å²) < 4.78 is 39.0. The Morgan fingerprint density at radius 2 is 1.59 bits per heavy atom. The van der Waals surface area contributed by atoms with E-state index in [1.54, 1.807) is 24.3 Å². The number of nitrogens with one attached hydrogen (secondary N) is 1. The fourth-order valence-corrected chi connectivity index (χ4v) is 4.76. The molecule has 0 aliphatic rings. The largest absolute Gasteiger partial charge is 0.495 e. The molecule has 0 spiro atoms. The van der Waals surface area contributed by atoms with Crippen LogP contribution < -0.4 is 19.1 Å². The highest BCUT2D eigenvalue weighted by molar-refractivity contribution is 7.92. The fourth-order valence-electron chi connectivity index (χ4n) is 3.18. The highest BCUT2D eigenvalue weighted by Gasteiger charge is 2.29. The third-order valence-corrected chi connectivity index (χ3v) is 7.03. The number of sulfonamides is 1. The Morgan fingerprint density at radius 3 is 2.21 bits per heavy atom. The molecule has 9 heteroatoms. The number of rotatable bonds is 10. The van der Waals surface area contributed by atoms with E-state index in [1.807, 2.05) is 38.1 Å². The molecule has 180 valence electrons. The molecule has 3 aromatic rings. The molecule has 0 atom stereocenters. The standard InChI is InChI=1S/C25H27ClN2O5S/c1-18-4-9-21(10-5-18)33-15-14-27-25(29)17-28(23-16-20(26)8-13-24(23)32-3)34(30,31)22-11-6-19(2)7-12-22/h4-13,16H,14-15,17H2,1-3H3,(H,27,29). The summed E-state index contributed by atoms with van der Waals surface area (Å²) in [6.45, 7) is 3.82. The number of methoxy groups -OCH3 is 1. The molecular weight excluding hydrogens is 476 g/mol. The van der Waals surface area contributed by atoms with Crippen molar-refractivity contribution in [1.82, 2.24) is 5.32 Å². The van der Waals surface area contributed by atoms with Crippen LogP contribution in [0.25, 0.3) is 0 Å². The first kappa shape index (κ1) is 25.4. The molecule has 7 nitrogen and oxygen atoms in total. The van der Waals surface area contributed by atoms with Crippen molar-refractivity contribution >= 4 is 33.2 Å². The van der Waals surface area contributed by atoms with Crippen molar-refractivity contribution < 1.29 is 22.7 Å². The molecule has 0 aromatic heterocycles. The normalized spacial score (nSPS) is 11.1. The van der Waals surface area contributed by atoms with Gasteiger partial charge in [-0.1, -0.05) is 47.0 Å². The lowest BCUT2D eigenvalue weighted by Crippen LogP contribution is -2.42. The van der Waals surface area contributed by atoms with Gasteiger partial charge in [0, 0.05) is 5.02 Å². The molecule has 3 rings (SSSR count). The summed E-state index contributed by atoms with van der Waals surface area (Å²) in [5.74, 6) is 0.466. The van der Waals surface area contributed by atoms with E-state index < -0.39 is 22.5 Å². The summed E-state index contributed by atoms with van der Waals surface area (Å²) in [6.07, 6.45) is 0. The first-order chi connectivity index (χ1) is 16.2. The number of hydrogen-bond acceptors (Lipinski definition) is 5. The first-order valence-corrected chi connectivity index (χ1v) is 12.4. The number of benzene rings is 3. The van der Waals surface area contributed by atoms with Gasteiger partial charge < -0.3 is 14.8 Å². The summed E-state index contributed by atoms with van der Waals surface area (Å²) in [4.78, 5) is 12.8. The third kappa shape index (κ3) is 6.42. The van der Waals surface area contributed by atoms with E-state index in [4.69, 9.17) is 21.1 Å². The summed E-state index contributed by atoms with van der Waals surface area (Å²) in [6, 6.07) is 18.6. The molecule has 34 heavy (non-hydrogen) atoms. The van der Waals surface area contributed by atoms with Gasteiger partial charge in [-0.2, -0.15) is 0 Å². The van der Waals surface area contributed by atoms with Gasteiger partial charge >= 0.3 is 0 Å². The minimum Gasteiger partial charge on any atom is -0.495 e. The Bertz CT molecular complexity index is 1230. The van der Waals surface area contributed by atoms with Gasteiger partial charge in [0.1, 0.15) is 24.7 Å². The fraction of sp³-hybridized carbons (Fsp3) is 0.240. The Balaban J connectivity index is 1.78. The van der Waals surface area contributed by atoms with Crippen LogP contribution in [0.2, 0.25) is 5.02 Å². The van der Waals surface area contributed by atoms with Gasteiger partial charge in [-0.05, 0) is 56.3 Å². The predicted molar refractivity (Wildman–Crippen MR) is 133 cm³/mol. The Morgan fingerprint density at radius 1 is 0.971 bits per heavy atom. The van der Waals surface area contributed by atoms with Crippen LogP contribution in [0.3, 0.4) is 0 Å². The van der Waals surface area contributed by atoms with E-state index in [0.29, 0.717) is 10.8 Å². The number of aryl methyl sites for hydroxylation is 2. The molecular formula is C25H27ClN2O5S. The topological polar surface area (TPSA) is 84.9 Å². The third-order valence-electron chi connectivity index (χ3n) is 5.02. The summed E-state index contributed by atoms with van der Waals surface area (Å²) in [5, 5.41) is 3.02. The molecule has 0 fully saturated rings. The van der Waals surface area contributed by atoms with Gasteiger partial charge in [-0.15, -0.1) is 0 Å². The zero-order valence-corrected chi connectivity index (χ0v) is 20.8. The van der Waals surface area contributed by atoms with Gasteiger partial charge in [-0.25, -0.2) is 8.42 Å². The smallest absolute Gasteiger partial charge is 0.264 e. The second-order valence-electron chi connectivity index (χ2n) is 7.65. The number of hydrogen-bond donors (Lipinski definition) is 1. The maximum absolute atomic E-state index is 13.5. The molecule has 0 aliphatic carbocycles. The molecule has 0 saturated carbocycles. The summed E-state index contributed by atoms with van der Waals surface area (Å²) in [7, 11) is -2.67. The van der Waals surface area contributed by atoms with Gasteiger partial charge in [-0.3, -0.25) is 9.10 Å². The lowest BCUT2D eigenvalue weighted by molar-refractivity contribution is -0.119. The molecule has 0 radical (unpaired) electrons. The quantitative estimate of drug-likeness (QED) is 0.416. The highest BCUT2D eigenvalue weighted by atomic mass is 35.5. The SMILES string of the molecule is COc1ccc(Cl)cc1N(CC(=O)NCCOc1ccc(C)cc1)S(=O)(=O)c1ccc(C)cc1. The minimum absolute atomic E-state index is 0.0515. The van der Waals surface area contributed by atoms with E-state index in [-0.39, 0.29) is 29.5 Å². The van der Waals surface area contributed by atoms with Gasteiger partial charge in [0.05, 0.1) is 24.2 Å². The van der Waals surface area contributed by atoms with E-state index in [2.05, 4.69) is 5.32 Å². The Kier molecular flexibility index (Phi) is 8.41. The van der Waals surface area contributed by atoms with Crippen LogP contribution in [0.4, 0.5) is 5.69 Å². The minimum atomic E-state index is -4.09. The average molecular weight is 503 g/mol. The molecule has 0 unspecified atom stereocenters. The predicted octanol–water partition coefficient (Wildman–Crippen LogP) is 4.36. The van der Waals surface area contributed by atoms with Crippen LogP contribution in [0.1, 0.15) is 11.1 Å². The molecule has 1 amide bonds. The number of halogens is 1. The Hall–Kier alpha value is -3.23. The number of carbonyl (C=O) groups is 1. The molecule has 0 aliphatic heterocycles. The van der Waals surface area contributed by atoms with Crippen LogP contribution >= 0.6 is 11.6 Å². The van der Waals surface area contributed by atoms with Crippen molar-refractivity contribution in [2.24, 2.45) is 0 Å². The van der Waals surface area contributed by atoms with Crippen molar-refractivity contribution in [1.29, 1.82) is 0 Å². The maximum Gasteiger partial charge on any atom is 0.264 e.